The van der Waals surface area contributed by atoms with Crippen molar-refractivity contribution >= 4 is 40.9 Å². The molecule has 2 aromatic carbocycles. The molecule has 0 aliphatic carbocycles. The maximum Gasteiger partial charge on any atom is 0.339 e. The summed E-state index contributed by atoms with van der Waals surface area (Å²) in [5.41, 5.74) is 1.53. The number of carbonyl (C=O) groups is 2. The van der Waals surface area contributed by atoms with Gasteiger partial charge in [-0.15, -0.1) is 5.10 Å². The molecule has 7 nitrogen and oxygen atoms in total. The first-order valence-corrected chi connectivity index (χ1v) is 9.21. The Labute approximate surface area is 164 Å². The third-order valence-corrected chi connectivity index (χ3v) is 4.66. The van der Waals surface area contributed by atoms with Crippen LogP contribution in [0.15, 0.2) is 60.0 Å². The van der Waals surface area contributed by atoms with Crippen molar-refractivity contribution in [3.05, 3.63) is 65.4 Å². The summed E-state index contributed by atoms with van der Waals surface area (Å²) in [5, 5.41) is 7.78. The van der Waals surface area contributed by atoms with Crippen molar-refractivity contribution in [1.82, 2.24) is 14.8 Å². The highest BCUT2D eigenvalue weighted by atomic mass is 35.5. The number of rotatable bonds is 6. The fourth-order valence-corrected chi connectivity index (χ4v) is 3.01. The topological polar surface area (TPSA) is 86.1 Å². The zero-order valence-electron chi connectivity index (χ0n) is 14.3. The van der Waals surface area contributed by atoms with Gasteiger partial charge in [0.15, 0.2) is 0 Å². The largest absolute Gasteiger partial charge is 0.465 e. The summed E-state index contributed by atoms with van der Waals surface area (Å²) in [7, 11) is 1.27. The van der Waals surface area contributed by atoms with Gasteiger partial charge in [0.2, 0.25) is 11.1 Å². The van der Waals surface area contributed by atoms with E-state index in [4.69, 9.17) is 11.6 Å². The van der Waals surface area contributed by atoms with Gasteiger partial charge in [-0.05, 0) is 30.3 Å². The number of hydrogen-bond acceptors (Lipinski definition) is 6. The third-order valence-electron chi connectivity index (χ3n) is 3.48. The molecule has 0 aliphatic rings. The number of halogens is 1. The molecule has 1 N–H and O–H groups in total. The van der Waals surface area contributed by atoms with Crippen LogP contribution >= 0.6 is 23.4 Å². The molecule has 3 rings (SSSR count). The number of nitrogens with zero attached hydrogens (tertiary/aromatic N) is 3. The number of nitrogens with one attached hydrogen (secondary N) is 1. The second kappa shape index (κ2) is 8.70. The van der Waals surface area contributed by atoms with Crippen LogP contribution in [0.3, 0.4) is 0 Å². The number of aromatic nitrogens is 3. The fraction of sp³-hybridized carbons (Fsp3) is 0.111. The monoisotopic (exact) mass is 402 g/mol. The maximum atomic E-state index is 12.2. The number of methoxy groups -OCH3 is 1. The van der Waals surface area contributed by atoms with E-state index >= 15 is 0 Å². The SMILES string of the molecule is COC(=O)c1cc(NC(=O)CSc2ncn(-c3ccccc3)n2)ccc1Cl. The molecule has 1 amide bonds. The van der Waals surface area contributed by atoms with Crippen LogP contribution in [0.2, 0.25) is 5.02 Å². The van der Waals surface area contributed by atoms with Crippen LogP contribution in [0, 0.1) is 0 Å². The van der Waals surface area contributed by atoms with Crippen LogP contribution in [0.1, 0.15) is 10.4 Å². The van der Waals surface area contributed by atoms with E-state index in [2.05, 4.69) is 20.1 Å². The fourth-order valence-electron chi connectivity index (χ4n) is 2.22. The summed E-state index contributed by atoms with van der Waals surface area (Å²) in [5.74, 6) is -0.704. The van der Waals surface area contributed by atoms with E-state index < -0.39 is 5.97 Å². The lowest BCUT2D eigenvalue weighted by Gasteiger charge is -2.07. The second-order valence-electron chi connectivity index (χ2n) is 5.33. The zero-order valence-corrected chi connectivity index (χ0v) is 15.8. The van der Waals surface area contributed by atoms with E-state index in [0.717, 1.165) is 5.69 Å². The van der Waals surface area contributed by atoms with Crippen molar-refractivity contribution in [2.75, 3.05) is 18.2 Å². The molecule has 0 bridgehead atoms. The van der Waals surface area contributed by atoms with Gasteiger partial charge in [-0.2, -0.15) is 0 Å². The van der Waals surface area contributed by atoms with E-state index in [-0.39, 0.29) is 22.2 Å². The number of ether oxygens (including phenoxy) is 1. The van der Waals surface area contributed by atoms with Crippen LogP contribution in [-0.2, 0) is 9.53 Å². The average molecular weight is 403 g/mol. The van der Waals surface area contributed by atoms with Gasteiger partial charge in [-0.25, -0.2) is 14.5 Å². The number of hydrogen-bond donors (Lipinski definition) is 1. The maximum absolute atomic E-state index is 12.2. The lowest BCUT2D eigenvalue weighted by Crippen LogP contribution is -2.15. The third kappa shape index (κ3) is 4.87. The molecule has 27 heavy (non-hydrogen) atoms. The first kappa shape index (κ1) is 18.9. The van der Waals surface area contributed by atoms with E-state index in [1.807, 2.05) is 30.3 Å². The molecule has 1 heterocycles. The number of amides is 1. The van der Waals surface area contributed by atoms with Crippen molar-refractivity contribution in [2.45, 2.75) is 5.16 Å². The molecule has 0 saturated heterocycles. The first-order valence-electron chi connectivity index (χ1n) is 7.84. The molecule has 0 aliphatic heterocycles. The van der Waals surface area contributed by atoms with Gasteiger partial charge in [0.25, 0.3) is 0 Å². The van der Waals surface area contributed by atoms with Crippen LogP contribution in [0.4, 0.5) is 5.69 Å². The lowest BCUT2D eigenvalue weighted by atomic mass is 10.2. The minimum Gasteiger partial charge on any atom is -0.465 e. The molecule has 138 valence electrons. The summed E-state index contributed by atoms with van der Waals surface area (Å²) < 4.78 is 6.30. The Morgan fingerprint density at radius 3 is 2.74 bits per heavy atom. The number of thioether (sulfide) groups is 1. The van der Waals surface area contributed by atoms with E-state index in [1.165, 1.54) is 31.0 Å². The Morgan fingerprint density at radius 1 is 1.22 bits per heavy atom. The molecule has 3 aromatic rings. The molecule has 0 radical (unpaired) electrons. The standard InChI is InChI=1S/C18H15ClN4O3S/c1-26-17(25)14-9-12(7-8-15(14)19)21-16(24)10-27-18-20-11-23(22-18)13-5-3-2-4-6-13/h2-9,11H,10H2,1H3,(H,21,24). The normalized spacial score (nSPS) is 10.4. The summed E-state index contributed by atoms with van der Waals surface area (Å²) in [4.78, 5) is 28.0. The minimum absolute atomic E-state index is 0.120. The Morgan fingerprint density at radius 2 is 2.00 bits per heavy atom. The zero-order chi connectivity index (χ0) is 19.2. The number of benzene rings is 2. The highest BCUT2D eigenvalue weighted by Gasteiger charge is 2.13. The van der Waals surface area contributed by atoms with E-state index in [1.54, 1.807) is 17.1 Å². The molecular formula is C18H15ClN4O3S. The van der Waals surface area contributed by atoms with Crippen LogP contribution < -0.4 is 5.32 Å². The Bertz CT molecular complexity index is 962. The van der Waals surface area contributed by atoms with Crippen LogP contribution in [0.5, 0.6) is 0 Å². The summed E-state index contributed by atoms with van der Waals surface area (Å²) >= 11 is 7.17. The predicted octanol–water partition coefficient (Wildman–Crippen LogP) is 3.44. The molecule has 1 aromatic heterocycles. The number of esters is 1. The van der Waals surface area contributed by atoms with Crippen LogP contribution in [0.25, 0.3) is 5.69 Å². The second-order valence-corrected chi connectivity index (χ2v) is 6.68. The summed E-state index contributed by atoms with van der Waals surface area (Å²) in [6.45, 7) is 0. The number of para-hydroxylation sites is 1. The highest BCUT2D eigenvalue weighted by molar-refractivity contribution is 7.99. The molecule has 0 spiro atoms. The first-order chi connectivity index (χ1) is 13.1. The molecule has 9 heteroatoms. The molecule has 0 atom stereocenters. The average Bonchev–Trinajstić information content (AvgIpc) is 3.17. The van der Waals surface area contributed by atoms with Gasteiger partial charge in [0.1, 0.15) is 6.33 Å². The molecule has 0 unspecified atom stereocenters. The molecule has 0 fully saturated rings. The number of carbonyl (C=O) groups excluding carboxylic acids is 2. The Kier molecular flexibility index (Phi) is 6.10. The summed E-state index contributed by atoms with van der Waals surface area (Å²) in [6, 6.07) is 14.2. The van der Waals surface area contributed by atoms with Gasteiger partial charge in [0.05, 0.1) is 29.1 Å². The van der Waals surface area contributed by atoms with E-state index in [0.29, 0.717) is 10.8 Å². The molecule has 0 saturated carbocycles. The Balaban J connectivity index is 1.59. The highest BCUT2D eigenvalue weighted by Crippen LogP contribution is 2.22. The van der Waals surface area contributed by atoms with Crippen LogP contribution in [-0.4, -0.2) is 39.5 Å². The Hall–Kier alpha value is -2.84. The predicted molar refractivity (Wildman–Crippen MR) is 104 cm³/mol. The lowest BCUT2D eigenvalue weighted by molar-refractivity contribution is -0.113. The number of anilines is 1. The van der Waals surface area contributed by atoms with Crippen molar-refractivity contribution in [3.63, 3.8) is 0 Å². The smallest absolute Gasteiger partial charge is 0.339 e. The van der Waals surface area contributed by atoms with Gasteiger partial charge < -0.3 is 10.1 Å². The minimum atomic E-state index is -0.568. The van der Waals surface area contributed by atoms with Gasteiger partial charge in [0, 0.05) is 5.69 Å². The quantitative estimate of drug-likeness (QED) is 0.502. The van der Waals surface area contributed by atoms with Crippen molar-refractivity contribution < 1.29 is 14.3 Å². The van der Waals surface area contributed by atoms with Gasteiger partial charge >= 0.3 is 5.97 Å². The van der Waals surface area contributed by atoms with Gasteiger partial charge in [-0.3, -0.25) is 4.79 Å². The van der Waals surface area contributed by atoms with Crippen molar-refractivity contribution in [3.8, 4) is 5.69 Å². The van der Waals surface area contributed by atoms with Gasteiger partial charge in [-0.1, -0.05) is 41.6 Å². The van der Waals surface area contributed by atoms with E-state index in [9.17, 15) is 9.59 Å². The molecular weight excluding hydrogens is 388 g/mol. The summed E-state index contributed by atoms with van der Waals surface area (Å²) in [6.07, 6.45) is 1.59. The van der Waals surface area contributed by atoms with Crippen molar-refractivity contribution in [2.24, 2.45) is 0 Å². The van der Waals surface area contributed by atoms with Crippen molar-refractivity contribution in [1.29, 1.82) is 0 Å².